The summed E-state index contributed by atoms with van der Waals surface area (Å²) in [6.07, 6.45) is 0.940. The summed E-state index contributed by atoms with van der Waals surface area (Å²) in [5.74, 6) is 0. The minimum absolute atomic E-state index is 0.158. The van der Waals surface area contributed by atoms with E-state index in [4.69, 9.17) is 5.10 Å². The maximum atomic E-state index is 12.7. The van der Waals surface area contributed by atoms with E-state index in [1.165, 1.54) is 12.1 Å². The first-order chi connectivity index (χ1) is 16.2. The highest BCUT2D eigenvalue weighted by molar-refractivity contribution is 6.00. The minimum Gasteiger partial charge on any atom is -0.308 e. The van der Waals surface area contributed by atoms with Crippen LogP contribution in [0.2, 0.25) is 0 Å². The molecule has 0 saturated heterocycles. The number of hydrogen-bond acceptors (Lipinski definition) is 3. The predicted molar refractivity (Wildman–Crippen MR) is 125 cm³/mol. The topological polar surface area (TPSA) is 71.8 Å². The molecule has 4 rings (SSSR count). The average Bonchev–Trinajstić information content (AvgIpc) is 3.26. The average molecular weight is 465 g/mol. The van der Waals surface area contributed by atoms with Crippen molar-refractivity contribution in [2.75, 3.05) is 10.6 Å². The highest BCUT2D eigenvalue weighted by Crippen LogP contribution is 2.33. The van der Waals surface area contributed by atoms with Crippen LogP contribution in [-0.4, -0.2) is 20.8 Å². The normalized spacial score (nSPS) is 11.5. The molecule has 2 aromatic carbocycles. The molecule has 34 heavy (non-hydrogen) atoms. The smallest absolute Gasteiger partial charge is 0.308 e. The number of hydrogen-bond donors (Lipinski definition) is 2. The molecule has 0 bridgehead atoms. The van der Waals surface area contributed by atoms with Crippen molar-refractivity contribution < 1.29 is 18.0 Å². The van der Waals surface area contributed by atoms with Gasteiger partial charge < -0.3 is 10.6 Å². The summed E-state index contributed by atoms with van der Waals surface area (Å²) in [5, 5.41) is 10.0. The number of carbonyl (C=O) groups excluding carboxylic acids is 1. The molecule has 0 aliphatic heterocycles. The van der Waals surface area contributed by atoms with E-state index in [1.807, 2.05) is 55.1 Å². The highest BCUT2D eigenvalue weighted by Gasteiger charge is 2.30. The van der Waals surface area contributed by atoms with Gasteiger partial charge in [0.25, 0.3) is 0 Å². The first kappa shape index (κ1) is 23.0. The molecule has 6 nitrogen and oxygen atoms in total. The van der Waals surface area contributed by atoms with Gasteiger partial charge in [-0.1, -0.05) is 12.1 Å². The molecule has 9 heteroatoms. The lowest BCUT2D eigenvalue weighted by Crippen LogP contribution is -2.19. The number of urea groups is 1. The van der Waals surface area contributed by atoms with Gasteiger partial charge >= 0.3 is 12.2 Å². The number of carbonyl (C=O) groups is 1. The van der Waals surface area contributed by atoms with Crippen LogP contribution in [0.15, 0.2) is 79.3 Å². The Morgan fingerprint density at radius 2 is 1.59 bits per heavy atom. The summed E-state index contributed by atoms with van der Waals surface area (Å²) >= 11 is 0. The molecule has 174 valence electrons. The molecule has 2 amide bonds. The first-order valence-electron chi connectivity index (χ1n) is 10.6. The molecule has 0 radical (unpaired) electrons. The summed E-state index contributed by atoms with van der Waals surface area (Å²) < 4.78 is 40.0. The van der Waals surface area contributed by atoms with Gasteiger partial charge in [-0.05, 0) is 67.9 Å². The highest BCUT2D eigenvalue weighted by atomic mass is 19.4. The number of halogens is 3. The molecule has 0 saturated carbocycles. The van der Waals surface area contributed by atoms with Gasteiger partial charge in [0.05, 0.1) is 5.56 Å². The van der Waals surface area contributed by atoms with Gasteiger partial charge in [0.1, 0.15) is 5.69 Å². The Balaban J connectivity index is 1.55. The summed E-state index contributed by atoms with van der Waals surface area (Å²) in [5.41, 5.74) is 3.46. The summed E-state index contributed by atoms with van der Waals surface area (Å²) in [6, 6.07) is 14.9. The SMILES string of the molecule is CC(C)n1cc(-c2cccc(NC(=O)Nc3ccc(C(F)(F)F)cc3)c2)c(-c2ccncc2)n1. The Morgan fingerprint density at radius 3 is 2.24 bits per heavy atom. The van der Waals surface area contributed by atoms with Crippen molar-refractivity contribution in [1.29, 1.82) is 0 Å². The quantitative estimate of drug-likeness (QED) is 0.338. The van der Waals surface area contributed by atoms with Gasteiger partial charge in [0.15, 0.2) is 0 Å². The van der Waals surface area contributed by atoms with Gasteiger partial charge in [0.2, 0.25) is 0 Å². The fraction of sp³-hybridized carbons (Fsp3) is 0.160. The van der Waals surface area contributed by atoms with Crippen LogP contribution in [0.4, 0.5) is 29.3 Å². The summed E-state index contributed by atoms with van der Waals surface area (Å²) in [4.78, 5) is 16.5. The number of alkyl halides is 3. The molecule has 4 aromatic rings. The van der Waals surface area contributed by atoms with E-state index in [0.29, 0.717) is 5.69 Å². The Hall–Kier alpha value is -4.14. The van der Waals surface area contributed by atoms with Crippen LogP contribution in [0.5, 0.6) is 0 Å². The van der Waals surface area contributed by atoms with Gasteiger partial charge in [0, 0.05) is 47.1 Å². The monoisotopic (exact) mass is 465 g/mol. The molecule has 2 aromatic heterocycles. The molecule has 0 fully saturated rings. The molecule has 0 spiro atoms. The predicted octanol–water partition coefficient (Wildman–Crippen LogP) is 6.86. The lowest BCUT2D eigenvalue weighted by molar-refractivity contribution is -0.137. The number of nitrogens with zero attached hydrogens (tertiary/aromatic N) is 3. The number of benzene rings is 2. The third-order valence-electron chi connectivity index (χ3n) is 5.12. The van der Waals surface area contributed by atoms with Gasteiger partial charge in [-0.3, -0.25) is 9.67 Å². The third-order valence-corrected chi connectivity index (χ3v) is 5.12. The largest absolute Gasteiger partial charge is 0.416 e. The van der Waals surface area contributed by atoms with Crippen molar-refractivity contribution >= 4 is 17.4 Å². The van der Waals surface area contributed by atoms with E-state index in [1.54, 1.807) is 18.5 Å². The first-order valence-corrected chi connectivity index (χ1v) is 10.6. The fourth-order valence-electron chi connectivity index (χ4n) is 3.39. The molecule has 2 heterocycles. The zero-order valence-electron chi connectivity index (χ0n) is 18.5. The molecular formula is C25H22F3N5O. The lowest BCUT2D eigenvalue weighted by Gasteiger charge is -2.11. The van der Waals surface area contributed by atoms with Crippen molar-refractivity contribution in [2.45, 2.75) is 26.1 Å². The molecule has 2 N–H and O–H groups in total. The van der Waals surface area contributed by atoms with Crippen molar-refractivity contribution in [3.63, 3.8) is 0 Å². The number of nitrogens with one attached hydrogen (secondary N) is 2. The van der Waals surface area contributed by atoms with Crippen molar-refractivity contribution in [2.24, 2.45) is 0 Å². The van der Waals surface area contributed by atoms with Crippen molar-refractivity contribution in [3.05, 3.63) is 84.8 Å². The van der Waals surface area contributed by atoms with Gasteiger partial charge in [-0.25, -0.2) is 4.79 Å². The molecule has 0 unspecified atom stereocenters. The number of amides is 2. The second-order valence-electron chi connectivity index (χ2n) is 7.94. The van der Waals surface area contributed by atoms with Crippen LogP contribution in [0.1, 0.15) is 25.5 Å². The van der Waals surface area contributed by atoms with Crippen LogP contribution >= 0.6 is 0 Å². The zero-order chi connectivity index (χ0) is 24.3. The molecule has 0 aliphatic rings. The van der Waals surface area contributed by atoms with Crippen LogP contribution in [0, 0.1) is 0 Å². The van der Waals surface area contributed by atoms with Crippen LogP contribution < -0.4 is 10.6 Å². The van der Waals surface area contributed by atoms with E-state index >= 15 is 0 Å². The Labute approximate surface area is 194 Å². The Kier molecular flexibility index (Phi) is 6.36. The number of pyridine rings is 1. The van der Waals surface area contributed by atoms with E-state index in [9.17, 15) is 18.0 Å². The van der Waals surface area contributed by atoms with E-state index < -0.39 is 17.8 Å². The number of rotatable bonds is 5. The second kappa shape index (κ2) is 9.38. The Bertz CT molecular complexity index is 1280. The zero-order valence-corrected chi connectivity index (χ0v) is 18.5. The molecular weight excluding hydrogens is 443 g/mol. The molecule has 0 aliphatic carbocycles. The minimum atomic E-state index is -4.43. The second-order valence-corrected chi connectivity index (χ2v) is 7.94. The van der Waals surface area contributed by atoms with E-state index in [-0.39, 0.29) is 11.7 Å². The number of aromatic nitrogens is 3. The van der Waals surface area contributed by atoms with Crippen LogP contribution in [0.25, 0.3) is 22.4 Å². The van der Waals surface area contributed by atoms with E-state index in [0.717, 1.165) is 34.5 Å². The van der Waals surface area contributed by atoms with E-state index in [2.05, 4.69) is 15.6 Å². The van der Waals surface area contributed by atoms with Gasteiger partial charge in [-0.15, -0.1) is 0 Å². The Morgan fingerprint density at radius 1 is 0.912 bits per heavy atom. The standard InChI is InChI=1S/C25H22F3N5O/c1-16(2)33-15-22(23(32-33)17-10-12-29-13-11-17)18-4-3-5-21(14-18)31-24(34)30-20-8-6-19(7-9-20)25(26,27)28/h3-16H,1-2H3,(H2,30,31,34). The summed E-state index contributed by atoms with van der Waals surface area (Å²) in [7, 11) is 0. The van der Waals surface area contributed by atoms with Crippen LogP contribution in [0.3, 0.4) is 0 Å². The lowest BCUT2D eigenvalue weighted by atomic mass is 10.0. The fourth-order valence-corrected chi connectivity index (χ4v) is 3.39. The number of anilines is 2. The van der Waals surface area contributed by atoms with Crippen molar-refractivity contribution in [3.8, 4) is 22.4 Å². The van der Waals surface area contributed by atoms with Gasteiger partial charge in [-0.2, -0.15) is 18.3 Å². The maximum absolute atomic E-state index is 12.7. The van der Waals surface area contributed by atoms with Crippen molar-refractivity contribution in [1.82, 2.24) is 14.8 Å². The van der Waals surface area contributed by atoms with Crippen LogP contribution in [-0.2, 0) is 6.18 Å². The third kappa shape index (κ3) is 5.25. The summed E-state index contributed by atoms with van der Waals surface area (Å²) in [6.45, 7) is 4.08. The maximum Gasteiger partial charge on any atom is 0.416 e. The molecule has 0 atom stereocenters.